The number of nitrogens with one attached hydrogen (secondary N) is 2. The van der Waals surface area contributed by atoms with E-state index in [9.17, 15) is 8.42 Å². The van der Waals surface area contributed by atoms with Gasteiger partial charge in [0, 0.05) is 12.3 Å². The Labute approximate surface area is 237 Å². The van der Waals surface area contributed by atoms with Crippen LogP contribution in [0.2, 0.25) is 5.02 Å². The van der Waals surface area contributed by atoms with Crippen molar-refractivity contribution in [3.8, 4) is 5.75 Å². The minimum Gasteiger partial charge on any atom is -0.487 e. The minimum absolute atomic E-state index is 0.0284. The number of ether oxygens (including phenoxy) is 1. The summed E-state index contributed by atoms with van der Waals surface area (Å²) in [6.45, 7) is 12.8. The van der Waals surface area contributed by atoms with E-state index in [2.05, 4.69) is 33.5 Å². The molecule has 0 amide bonds. The number of para-hydroxylation sites is 1. The quantitative estimate of drug-likeness (QED) is 0.275. The third-order valence-corrected chi connectivity index (χ3v) is 9.44. The molecule has 2 aromatic heterocycles. The second-order valence-electron chi connectivity index (χ2n) is 10.4. The first-order valence-electron chi connectivity index (χ1n) is 13.5. The maximum absolute atomic E-state index is 12.9. The van der Waals surface area contributed by atoms with Crippen LogP contribution in [0.25, 0.3) is 0 Å². The zero-order valence-corrected chi connectivity index (χ0v) is 24.8. The molecule has 1 fully saturated rings. The number of piperidine rings is 1. The standard InChI is InChI=1S/C29H38ClN5O3S/c1-6-35-13-11-21(12-14-35)22-15-26(38-19(2)3)29(32-17-22)34-28-16-25(23(30)18-31-28)33-24-9-7-8-10-27(24)39(36,37)20(4)5/h7-10,15-21H,6,11-14H2,1-5H3,(H2,31,32,33,34). The Hall–Kier alpha value is -2.88. The summed E-state index contributed by atoms with van der Waals surface area (Å²) < 4.78 is 32.0. The van der Waals surface area contributed by atoms with Crippen LogP contribution in [-0.4, -0.2) is 54.3 Å². The van der Waals surface area contributed by atoms with Crippen LogP contribution in [0.15, 0.2) is 53.7 Å². The normalized spacial score (nSPS) is 15.1. The van der Waals surface area contributed by atoms with E-state index in [0.29, 0.717) is 39.7 Å². The Morgan fingerprint density at radius 1 is 1.03 bits per heavy atom. The second kappa shape index (κ2) is 12.5. The lowest BCUT2D eigenvalue weighted by Crippen LogP contribution is -2.32. The van der Waals surface area contributed by atoms with Crippen molar-refractivity contribution in [3.63, 3.8) is 0 Å². The number of benzene rings is 1. The molecule has 39 heavy (non-hydrogen) atoms. The van der Waals surface area contributed by atoms with E-state index < -0.39 is 15.1 Å². The molecule has 2 N–H and O–H groups in total. The largest absolute Gasteiger partial charge is 0.487 e. The van der Waals surface area contributed by atoms with Crippen LogP contribution in [0.4, 0.5) is 23.0 Å². The van der Waals surface area contributed by atoms with Crippen LogP contribution in [0.5, 0.6) is 5.75 Å². The predicted octanol–water partition coefficient (Wildman–Crippen LogP) is 6.79. The van der Waals surface area contributed by atoms with Gasteiger partial charge in [0.05, 0.1) is 38.8 Å². The molecule has 10 heteroatoms. The predicted molar refractivity (Wildman–Crippen MR) is 159 cm³/mol. The van der Waals surface area contributed by atoms with Crippen molar-refractivity contribution in [3.05, 3.63) is 59.4 Å². The number of hydrogen-bond donors (Lipinski definition) is 2. The molecule has 0 atom stereocenters. The first-order chi connectivity index (χ1) is 18.6. The summed E-state index contributed by atoms with van der Waals surface area (Å²) in [5.41, 5.74) is 2.15. The van der Waals surface area contributed by atoms with Gasteiger partial charge < -0.3 is 20.3 Å². The second-order valence-corrected chi connectivity index (χ2v) is 13.3. The van der Waals surface area contributed by atoms with Crippen molar-refractivity contribution >= 4 is 44.4 Å². The van der Waals surface area contributed by atoms with Gasteiger partial charge in [0.25, 0.3) is 0 Å². The lowest BCUT2D eigenvalue weighted by atomic mass is 9.90. The molecule has 1 aliphatic rings. The summed E-state index contributed by atoms with van der Waals surface area (Å²) in [6, 6.07) is 10.6. The molecule has 3 heterocycles. The molecule has 0 radical (unpaired) electrons. The summed E-state index contributed by atoms with van der Waals surface area (Å²) >= 11 is 6.46. The van der Waals surface area contributed by atoms with Gasteiger partial charge in [-0.25, -0.2) is 18.4 Å². The molecule has 0 aliphatic carbocycles. The fourth-order valence-corrected chi connectivity index (χ4v) is 6.00. The zero-order valence-electron chi connectivity index (χ0n) is 23.2. The van der Waals surface area contributed by atoms with Crippen molar-refractivity contribution in [2.75, 3.05) is 30.3 Å². The first-order valence-corrected chi connectivity index (χ1v) is 15.4. The molecular weight excluding hydrogens is 534 g/mol. The van der Waals surface area contributed by atoms with E-state index in [1.165, 1.54) is 11.8 Å². The summed E-state index contributed by atoms with van der Waals surface area (Å²) in [7, 11) is -3.50. The zero-order chi connectivity index (χ0) is 28.2. The maximum Gasteiger partial charge on any atom is 0.182 e. The highest BCUT2D eigenvalue weighted by atomic mass is 35.5. The lowest BCUT2D eigenvalue weighted by Gasteiger charge is -2.31. The molecule has 0 unspecified atom stereocenters. The van der Waals surface area contributed by atoms with Crippen molar-refractivity contribution in [2.45, 2.75) is 69.6 Å². The van der Waals surface area contributed by atoms with E-state index in [1.807, 2.05) is 20.0 Å². The highest BCUT2D eigenvalue weighted by molar-refractivity contribution is 7.92. The molecule has 1 aromatic carbocycles. The van der Waals surface area contributed by atoms with Crippen molar-refractivity contribution in [1.29, 1.82) is 0 Å². The van der Waals surface area contributed by atoms with Gasteiger partial charge in [-0.2, -0.15) is 0 Å². The molecule has 0 spiro atoms. The average molecular weight is 572 g/mol. The first kappa shape index (κ1) is 29.1. The Morgan fingerprint density at radius 2 is 1.74 bits per heavy atom. The smallest absolute Gasteiger partial charge is 0.182 e. The monoisotopic (exact) mass is 571 g/mol. The number of rotatable bonds is 10. The number of aromatic nitrogens is 2. The average Bonchev–Trinajstić information content (AvgIpc) is 2.91. The van der Waals surface area contributed by atoms with Gasteiger partial charge in [-0.1, -0.05) is 30.7 Å². The van der Waals surface area contributed by atoms with Gasteiger partial charge in [0.2, 0.25) is 0 Å². The van der Waals surface area contributed by atoms with Crippen molar-refractivity contribution in [1.82, 2.24) is 14.9 Å². The molecule has 8 nitrogen and oxygen atoms in total. The van der Waals surface area contributed by atoms with Gasteiger partial charge in [-0.3, -0.25) is 0 Å². The molecule has 1 saturated heterocycles. The number of halogens is 1. The molecule has 1 aliphatic heterocycles. The van der Waals surface area contributed by atoms with Crippen LogP contribution in [-0.2, 0) is 9.84 Å². The molecule has 210 valence electrons. The molecule has 0 bridgehead atoms. The van der Waals surface area contributed by atoms with E-state index >= 15 is 0 Å². The number of sulfone groups is 1. The minimum atomic E-state index is -3.50. The topological polar surface area (TPSA) is 96.5 Å². The molecule has 0 saturated carbocycles. The van der Waals surface area contributed by atoms with Crippen LogP contribution < -0.4 is 15.4 Å². The summed E-state index contributed by atoms with van der Waals surface area (Å²) in [4.78, 5) is 11.8. The van der Waals surface area contributed by atoms with Crippen molar-refractivity contribution in [2.24, 2.45) is 0 Å². The van der Waals surface area contributed by atoms with Crippen molar-refractivity contribution < 1.29 is 13.2 Å². The third-order valence-electron chi connectivity index (χ3n) is 6.93. The lowest BCUT2D eigenvalue weighted by molar-refractivity contribution is 0.221. The fourth-order valence-electron chi connectivity index (χ4n) is 4.64. The number of pyridine rings is 2. The molecule has 4 rings (SSSR count). The van der Waals surface area contributed by atoms with Crippen LogP contribution >= 0.6 is 11.6 Å². The Kier molecular flexibility index (Phi) is 9.35. The summed E-state index contributed by atoms with van der Waals surface area (Å²) in [5, 5.41) is 6.26. The van der Waals surface area contributed by atoms with E-state index in [1.54, 1.807) is 44.2 Å². The Balaban J connectivity index is 1.60. The fraction of sp³-hybridized carbons (Fsp3) is 0.448. The molecule has 3 aromatic rings. The third kappa shape index (κ3) is 7.01. The van der Waals surface area contributed by atoms with Crippen LogP contribution in [0.1, 0.15) is 58.9 Å². The summed E-state index contributed by atoms with van der Waals surface area (Å²) in [5.74, 6) is 2.17. The van der Waals surface area contributed by atoms with Gasteiger partial charge in [0.15, 0.2) is 21.4 Å². The van der Waals surface area contributed by atoms with Crippen LogP contribution in [0.3, 0.4) is 0 Å². The van der Waals surface area contributed by atoms with Gasteiger partial charge >= 0.3 is 0 Å². The molecular formula is C29H38ClN5O3S. The number of anilines is 4. The summed E-state index contributed by atoms with van der Waals surface area (Å²) in [6.07, 6.45) is 5.62. The maximum atomic E-state index is 12.9. The SMILES string of the molecule is CCN1CCC(c2cnc(Nc3cc(Nc4ccccc4S(=O)(=O)C(C)C)c(Cl)cn3)c(OC(C)C)c2)CC1. The van der Waals surface area contributed by atoms with E-state index in [4.69, 9.17) is 21.3 Å². The Bertz CT molecular complexity index is 1390. The van der Waals surface area contributed by atoms with Crippen LogP contribution in [0, 0.1) is 0 Å². The van der Waals surface area contributed by atoms with E-state index in [-0.39, 0.29) is 11.0 Å². The Morgan fingerprint density at radius 3 is 2.41 bits per heavy atom. The number of likely N-dealkylation sites (tertiary alicyclic amines) is 1. The van der Waals surface area contributed by atoms with Gasteiger partial charge in [-0.05, 0) is 89.9 Å². The van der Waals surface area contributed by atoms with Gasteiger partial charge in [0.1, 0.15) is 5.82 Å². The number of nitrogens with zero attached hydrogens (tertiary/aromatic N) is 3. The van der Waals surface area contributed by atoms with Gasteiger partial charge in [-0.15, -0.1) is 0 Å². The van der Waals surface area contributed by atoms with E-state index in [0.717, 1.165) is 32.5 Å². The highest BCUT2D eigenvalue weighted by Crippen LogP contribution is 2.36. The number of hydrogen-bond acceptors (Lipinski definition) is 8. The highest BCUT2D eigenvalue weighted by Gasteiger charge is 2.24.